The Labute approximate surface area is 269 Å². The summed E-state index contributed by atoms with van der Waals surface area (Å²) in [5, 5.41) is 4.07. The van der Waals surface area contributed by atoms with Crippen LogP contribution in [0.4, 0.5) is 20.3 Å². The molecule has 236 valence electrons. The van der Waals surface area contributed by atoms with Gasteiger partial charge in [0.1, 0.15) is 28.9 Å². The molecule has 6 rings (SSSR count). The second-order valence-corrected chi connectivity index (χ2v) is 11.3. The lowest BCUT2D eigenvalue weighted by Crippen LogP contribution is -2.40. The fourth-order valence-corrected chi connectivity index (χ4v) is 5.91. The molecule has 1 amide bonds. The van der Waals surface area contributed by atoms with Crippen LogP contribution in [0, 0.1) is 11.6 Å². The third kappa shape index (κ3) is 6.40. The predicted molar refractivity (Wildman–Crippen MR) is 176 cm³/mol. The molecular formula is C34H31F2N5O4S. The van der Waals surface area contributed by atoms with Crippen LogP contribution in [0.3, 0.4) is 0 Å². The number of methoxy groups -OCH3 is 2. The summed E-state index contributed by atoms with van der Waals surface area (Å²) in [5.41, 5.74) is 5.13. The normalized spacial score (nSPS) is 13.0. The maximum atomic E-state index is 14.2. The van der Waals surface area contributed by atoms with E-state index in [0.29, 0.717) is 55.0 Å². The summed E-state index contributed by atoms with van der Waals surface area (Å²) < 4.78 is 47.1. The van der Waals surface area contributed by atoms with Crippen molar-refractivity contribution in [1.29, 1.82) is 0 Å². The second kappa shape index (κ2) is 13.6. The van der Waals surface area contributed by atoms with Crippen LogP contribution in [0.15, 0.2) is 77.8 Å². The van der Waals surface area contributed by atoms with Crippen molar-refractivity contribution in [2.75, 3.05) is 57.6 Å². The van der Waals surface area contributed by atoms with Gasteiger partial charge in [0.25, 0.3) is 5.91 Å². The third-order valence-corrected chi connectivity index (χ3v) is 8.51. The molecule has 9 nitrogen and oxygen atoms in total. The topological polar surface area (TPSA) is 97.8 Å². The van der Waals surface area contributed by atoms with Gasteiger partial charge in [0.15, 0.2) is 0 Å². The van der Waals surface area contributed by atoms with Crippen LogP contribution in [0.2, 0.25) is 0 Å². The molecule has 0 radical (unpaired) electrons. The Kier molecular flexibility index (Phi) is 9.18. The van der Waals surface area contributed by atoms with Gasteiger partial charge in [-0.1, -0.05) is 12.1 Å². The highest BCUT2D eigenvalue weighted by atomic mass is 32.2. The van der Waals surface area contributed by atoms with Crippen LogP contribution in [0.1, 0.15) is 10.4 Å². The van der Waals surface area contributed by atoms with Gasteiger partial charge in [0.2, 0.25) is 5.88 Å². The van der Waals surface area contributed by atoms with Crippen molar-refractivity contribution in [3.05, 3.63) is 90.1 Å². The van der Waals surface area contributed by atoms with E-state index in [4.69, 9.17) is 19.2 Å². The molecule has 0 atom stereocenters. The monoisotopic (exact) mass is 643 g/mol. The van der Waals surface area contributed by atoms with E-state index in [2.05, 4.69) is 15.0 Å². The minimum atomic E-state index is -0.671. The summed E-state index contributed by atoms with van der Waals surface area (Å²) in [4.78, 5) is 24.5. The van der Waals surface area contributed by atoms with E-state index in [1.807, 2.05) is 49.5 Å². The Morgan fingerprint density at radius 1 is 0.935 bits per heavy atom. The van der Waals surface area contributed by atoms with E-state index in [0.717, 1.165) is 51.2 Å². The van der Waals surface area contributed by atoms with Gasteiger partial charge in [0, 0.05) is 48.9 Å². The lowest BCUT2D eigenvalue weighted by molar-refractivity contribution is 0.0301. The van der Waals surface area contributed by atoms with Gasteiger partial charge < -0.3 is 29.1 Å². The number of morpholine rings is 1. The van der Waals surface area contributed by atoms with Gasteiger partial charge in [0.05, 0.1) is 43.4 Å². The van der Waals surface area contributed by atoms with Crippen molar-refractivity contribution >= 4 is 40.3 Å². The van der Waals surface area contributed by atoms with Crippen molar-refractivity contribution in [3.63, 3.8) is 0 Å². The summed E-state index contributed by atoms with van der Waals surface area (Å²) in [6.07, 6.45) is 1.69. The van der Waals surface area contributed by atoms with E-state index in [9.17, 15) is 13.6 Å². The Hall–Kier alpha value is -4.94. The number of benzene rings is 3. The first-order valence-corrected chi connectivity index (χ1v) is 15.3. The van der Waals surface area contributed by atoms with Crippen molar-refractivity contribution < 1.29 is 27.8 Å². The summed E-state index contributed by atoms with van der Waals surface area (Å²) >= 11 is 0.994. The number of anilines is 2. The van der Waals surface area contributed by atoms with E-state index >= 15 is 0 Å². The molecule has 46 heavy (non-hydrogen) atoms. The highest BCUT2D eigenvalue weighted by Crippen LogP contribution is 2.37. The van der Waals surface area contributed by atoms with E-state index in [1.54, 1.807) is 24.3 Å². The van der Waals surface area contributed by atoms with Crippen LogP contribution in [-0.4, -0.2) is 68.3 Å². The number of pyridine rings is 2. The molecule has 12 heteroatoms. The zero-order chi connectivity index (χ0) is 32.2. The summed E-state index contributed by atoms with van der Waals surface area (Å²) in [7, 11) is 4.87. The Balaban J connectivity index is 1.33. The average Bonchev–Trinajstić information content (AvgIpc) is 3.10. The number of carbonyl (C=O) groups excluding carboxylic acids is 1. The Morgan fingerprint density at radius 3 is 2.48 bits per heavy atom. The Bertz CT molecular complexity index is 1920. The summed E-state index contributed by atoms with van der Waals surface area (Å²) in [5.74, 6) is 0.0747. The minimum Gasteiger partial charge on any atom is -0.496 e. The maximum Gasteiger partial charge on any atom is 0.257 e. The standard InChI is InChI=1S/C34H31F2N5O4S/c1-37-32-26(21-4-7-25(30(17-21)43-2)34(42)41-10-12-45-13-11-41)15-22-14-20(5-8-28(22)39-32)23-16-29(33(44-3)38-19-23)40-46-31-9-6-24(35)18-27(31)36/h4-9,14-19,40H,10-13H2,1-3H3,(H,37,39). The quantitative estimate of drug-likeness (QED) is 0.166. The van der Waals surface area contributed by atoms with Crippen molar-refractivity contribution in [3.8, 4) is 33.9 Å². The first kappa shape index (κ1) is 31.1. The Morgan fingerprint density at radius 2 is 1.74 bits per heavy atom. The van der Waals surface area contributed by atoms with Gasteiger partial charge in [-0.15, -0.1) is 0 Å². The molecule has 2 aromatic heterocycles. The number of carbonyl (C=O) groups is 1. The molecule has 0 unspecified atom stereocenters. The lowest BCUT2D eigenvalue weighted by Gasteiger charge is -2.27. The molecule has 1 aliphatic heterocycles. The number of rotatable bonds is 9. The number of aromatic nitrogens is 2. The number of nitrogens with one attached hydrogen (secondary N) is 2. The molecule has 5 aromatic rings. The zero-order valence-corrected chi connectivity index (χ0v) is 26.2. The van der Waals surface area contributed by atoms with Crippen LogP contribution in [-0.2, 0) is 4.74 Å². The molecule has 3 heterocycles. The smallest absolute Gasteiger partial charge is 0.257 e. The number of hydrogen-bond acceptors (Lipinski definition) is 9. The van der Waals surface area contributed by atoms with E-state index < -0.39 is 11.6 Å². The number of halogens is 2. The molecule has 0 saturated carbocycles. The summed E-state index contributed by atoms with van der Waals surface area (Å²) in [6.45, 7) is 2.11. The lowest BCUT2D eigenvalue weighted by atomic mass is 9.99. The maximum absolute atomic E-state index is 14.2. The first-order chi connectivity index (χ1) is 22.4. The molecule has 1 saturated heterocycles. The zero-order valence-electron chi connectivity index (χ0n) is 25.4. The number of fused-ring (bicyclic) bond motifs is 1. The van der Waals surface area contributed by atoms with E-state index in [-0.39, 0.29) is 10.8 Å². The fraction of sp³-hybridized carbons (Fsp3) is 0.206. The molecular weight excluding hydrogens is 612 g/mol. The number of ether oxygens (including phenoxy) is 3. The molecule has 0 bridgehead atoms. The number of nitrogens with zero attached hydrogens (tertiary/aromatic N) is 3. The average molecular weight is 644 g/mol. The van der Waals surface area contributed by atoms with Crippen LogP contribution >= 0.6 is 11.9 Å². The van der Waals surface area contributed by atoms with Crippen LogP contribution < -0.4 is 19.5 Å². The first-order valence-electron chi connectivity index (χ1n) is 14.5. The van der Waals surface area contributed by atoms with Crippen molar-refractivity contribution in [2.45, 2.75) is 4.90 Å². The highest BCUT2D eigenvalue weighted by molar-refractivity contribution is 8.00. The van der Waals surface area contributed by atoms with Gasteiger partial charge >= 0.3 is 0 Å². The van der Waals surface area contributed by atoms with Crippen molar-refractivity contribution in [1.82, 2.24) is 14.9 Å². The number of hydrogen-bond donors (Lipinski definition) is 2. The largest absolute Gasteiger partial charge is 0.496 e. The summed E-state index contributed by atoms with van der Waals surface area (Å²) in [6, 6.07) is 18.7. The predicted octanol–water partition coefficient (Wildman–Crippen LogP) is 6.89. The van der Waals surface area contributed by atoms with Crippen LogP contribution in [0.5, 0.6) is 11.6 Å². The molecule has 0 spiro atoms. The van der Waals surface area contributed by atoms with Gasteiger partial charge in [-0.25, -0.2) is 18.7 Å². The van der Waals surface area contributed by atoms with Gasteiger partial charge in [-0.2, -0.15) is 0 Å². The third-order valence-electron chi connectivity index (χ3n) is 7.64. The SMILES string of the molecule is CNc1nc2ccc(-c3cnc(OC)c(NSc4ccc(F)cc4F)c3)cc2cc1-c1ccc(C(=O)N2CCOCC2)c(OC)c1. The van der Waals surface area contributed by atoms with Crippen molar-refractivity contribution in [2.24, 2.45) is 0 Å². The minimum absolute atomic E-state index is 0.0926. The second-order valence-electron chi connectivity index (χ2n) is 10.4. The molecule has 0 aliphatic carbocycles. The van der Waals surface area contributed by atoms with Gasteiger partial charge in [-0.05, 0) is 71.6 Å². The molecule has 2 N–H and O–H groups in total. The number of amides is 1. The highest BCUT2D eigenvalue weighted by Gasteiger charge is 2.23. The molecule has 1 aliphatic rings. The molecule has 3 aromatic carbocycles. The fourth-order valence-electron chi connectivity index (χ4n) is 5.25. The van der Waals surface area contributed by atoms with Crippen LogP contribution in [0.25, 0.3) is 33.2 Å². The molecule has 1 fully saturated rings. The van der Waals surface area contributed by atoms with E-state index in [1.165, 1.54) is 19.2 Å². The van der Waals surface area contributed by atoms with Gasteiger partial charge in [-0.3, -0.25) is 4.79 Å².